The Balaban J connectivity index is 2.78. The smallest absolute Gasteiger partial charge is 0.339 e. The van der Waals surface area contributed by atoms with Crippen LogP contribution in [-0.2, 0) is 4.74 Å². The Hall–Kier alpha value is -1.68. The van der Waals surface area contributed by atoms with Gasteiger partial charge in [0.1, 0.15) is 0 Å². The van der Waals surface area contributed by atoms with Crippen molar-refractivity contribution in [1.29, 1.82) is 0 Å². The van der Waals surface area contributed by atoms with Crippen molar-refractivity contribution in [2.24, 2.45) is 0 Å². The maximum atomic E-state index is 11.2. The molecule has 0 aliphatic heterocycles. The van der Waals surface area contributed by atoms with Crippen LogP contribution in [0.2, 0.25) is 0 Å². The van der Waals surface area contributed by atoms with Gasteiger partial charge in [0.15, 0.2) is 0 Å². The SMILES string of the molecule is COC(=O)c1cncc(C=CCCO)c1. The average Bonchev–Trinajstić information content (AvgIpc) is 2.29. The molecule has 1 aromatic heterocycles. The van der Waals surface area contributed by atoms with Crippen LogP contribution >= 0.6 is 0 Å². The molecule has 1 rings (SSSR count). The Morgan fingerprint density at radius 1 is 1.60 bits per heavy atom. The van der Waals surface area contributed by atoms with Gasteiger partial charge in [-0.2, -0.15) is 0 Å². The molecule has 0 fully saturated rings. The van der Waals surface area contributed by atoms with Crippen LogP contribution in [0.15, 0.2) is 24.5 Å². The van der Waals surface area contributed by atoms with E-state index in [1.165, 1.54) is 13.3 Å². The molecule has 0 aliphatic carbocycles. The zero-order valence-electron chi connectivity index (χ0n) is 8.51. The lowest BCUT2D eigenvalue weighted by Gasteiger charge is -1.99. The number of carbonyl (C=O) groups excluding carboxylic acids is 1. The molecule has 1 N–H and O–H groups in total. The first-order valence-corrected chi connectivity index (χ1v) is 4.58. The minimum Gasteiger partial charge on any atom is -0.465 e. The highest BCUT2D eigenvalue weighted by Gasteiger charge is 2.04. The summed E-state index contributed by atoms with van der Waals surface area (Å²) in [6, 6.07) is 1.69. The first-order chi connectivity index (χ1) is 7.27. The van der Waals surface area contributed by atoms with Crippen molar-refractivity contribution in [2.75, 3.05) is 13.7 Å². The molecule has 15 heavy (non-hydrogen) atoms. The maximum absolute atomic E-state index is 11.2. The summed E-state index contributed by atoms with van der Waals surface area (Å²) in [7, 11) is 1.33. The lowest BCUT2D eigenvalue weighted by molar-refractivity contribution is 0.0600. The highest BCUT2D eigenvalue weighted by molar-refractivity contribution is 5.89. The van der Waals surface area contributed by atoms with Gasteiger partial charge >= 0.3 is 5.97 Å². The summed E-state index contributed by atoms with van der Waals surface area (Å²) < 4.78 is 4.57. The monoisotopic (exact) mass is 207 g/mol. The Labute approximate surface area is 88.2 Å². The van der Waals surface area contributed by atoms with E-state index in [2.05, 4.69) is 9.72 Å². The van der Waals surface area contributed by atoms with Gasteiger partial charge in [-0.1, -0.05) is 12.2 Å². The van der Waals surface area contributed by atoms with Gasteiger partial charge in [-0.05, 0) is 18.1 Å². The first-order valence-electron chi connectivity index (χ1n) is 4.58. The lowest BCUT2D eigenvalue weighted by atomic mass is 10.2. The van der Waals surface area contributed by atoms with Crippen LogP contribution in [0.25, 0.3) is 6.08 Å². The van der Waals surface area contributed by atoms with E-state index in [1.807, 2.05) is 6.08 Å². The third-order valence-corrected chi connectivity index (χ3v) is 1.79. The lowest BCUT2D eigenvalue weighted by Crippen LogP contribution is -2.01. The van der Waals surface area contributed by atoms with E-state index in [4.69, 9.17) is 5.11 Å². The number of methoxy groups -OCH3 is 1. The summed E-state index contributed by atoms with van der Waals surface area (Å²) in [5.74, 6) is -0.403. The Kier molecular flexibility index (Phi) is 4.50. The van der Waals surface area contributed by atoms with E-state index < -0.39 is 5.97 Å². The number of aliphatic hydroxyl groups excluding tert-OH is 1. The minimum absolute atomic E-state index is 0.112. The standard InChI is InChI=1S/C11H13NO3/c1-15-11(14)10-6-9(7-12-8-10)4-2-3-5-13/h2,4,6-8,13H,3,5H2,1H3. The fourth-order valence-corrected chi connectivity index (χ4v) is 1.07. The van der Waals surface area contributed by atoms with Gasteiger partial charge in [0.05, 0.1) is 12.7 Å². The predicted molar refractivity (Wildman–Crippen MR) is 56.3 cm³/mol. The molecule has 0 atom stereocenters. The predicted octanol–water partition coefficient (Wildman–Crippen LogP) is 1.26. The van der Waals surface area contributed by atoms with Gasteiger partial charge in [0.2, 0.25) is 0 Å². The fraction of sp³-hybridized carbons (Fsp3) is 0.273. The molecule has 0 unspecified atom stereocenters. The molecule has 0 saturated carbocycles. The minimum atomic E-state index is -0.403. The van der Waals surface area contributed by atoms with Crippen LogP contribution in [0, 0.1) is 0 Å². The molecule has 0 amide bonds. The number of aliphatic hydroxyl groups is 1. The summed E-state index contributed by atoms with van der Waals surface area (Å²) >= 11 is 0. The zero-order chi connectivity index (χ0) is 11.1. The molecule has 0 spiro atoms. The summed E-state index contributed by atoms with van der Waals surface area (Å²) in [5, 5.41) is 8.58. The summed E-state index contributed by atoms with van der Waals surface area (Å²) in [6.07, 6.45) is 7.30. The second-order valence-electron chi connectivity index (χ2n) is 2.91. The molecule has 1 aromatic rings. The molecular weight excluding hydrogens is 194 g/mol. The van der Waals surface area contributed by atoms with Crippen LogP contribution in [0.4, 0.5) is 0 Å². The van der Waals surface area contributed by atoms with Crippen LogP contribution < -0.4 is 0 Å². The van der Waals surface area contributed by atoms with E-state index in [0.717, 1.165) is 5.56 Å². The van der Waals surface area contributed by atoms with Crippen molar-refractivity contribution in [3.8, 4) is 0 Å². The number of ether oxygens (including phenoxy) is 1. The van der Waals surface area contributed by atoms with Gasteiger partial charge < -0.3 is 9.84 Å². The number of hydrogen-bond acceptors (Lipinski definition) is 4. The quantitative estimate of drug-likeness (QED) is 0.755. The highest BCUT2D eigenvalue weighted by atomic mass is 16.5. The highest BCUT2D eigenvalue weighted by Crippen LogP contribution is 2.06. The van der Waals surface area contributed by atoms with E-state index in [0.29, 0.717) is 12.0 Å². The summed E-state index contributed by atoms with van der Waals surface area (Å²) in [4.78, 5) is 15.1. The first kappa shape index (κ1) is 11.4. The molecule has 0 saturated heterocycles. The maximum Gasteiger partial charge on any atom is 0.339 e. The van der Waals surface area contributed by atoms with Crippen molar-refractivity contribution in [3.05, 3.63) is 35.7 Å². The number of hydrogen-bond donors (Lipinski definition) is 1. The zero-order valence-corrected chi connectivity index (χ0v) is 8.51. The molecule has 1 heterocycles. The molecule has 0 aliphatic rings. The van der Waals surface area contributed by atoms with Crippen LogP contribution in [0.5, 0.6) is 0 Å². The van der Waals surface area contributed by atoms with Crippen molar-refractivity contribution in [3.63, 3.8) is 0 Å². The normalized spacial score (nSPS) is 10.5. The second-order valence-corrected chi connectivity index (χ2v) is 2.91. The van der Waals surface area contributed by atoms with Gasteiger partial charge in [0, 0.05) is 19.0 Å². The van der Waals surface area contributed by atoms with Crippen LogP contribution in [0.3, 0.4) is 0 Å². The number of aromatic nitrogens is 1. The molecule has 4 nitrogen and oxygen atoms in total. The fourth-order valence-electron chi connectivity index (χ4n) is 1.07. The average molecular weight is 207 g/mol. The van der Waals surface area contributed by atoms with Gasteiger partial charge in [-0.15, -0.1) is 0 Å². The summed E-state index contributed by atoms with van der Waals surface area (Å²) in [6.45, 7) is 0.112. The summed E-state index contributed by atoms with van der Waals surface area (Å²) in [5.41, 5.74) is 1.23. The number of rotatable bonds is 4. The largest absolute Gasteiger partial charge is 0.465 e. The molecular formula is C11H13NO3. The van der Waals surface area contributed by atoms with Crippen LogP contribution in [-0.4, -0.2) is 29.8 Å². The Morgan fingerprint density at radius 2 is 2.40 bits per heavy atom. The van der Waals surface area contributed by atoms with E-state index in [1.54, 1.807) is 18.3 Å². The van der Waals surface area contributed by atoms with Crippen molar-refractivity contribution in [1.82, 2.24) is 4.98 Å². The van der Waals surface area contributed by atoms with Crippen LogP contribution in [0.1, 0.15) is 22.3 Å². The molecule has 80 valence electrons. The number of nitrogens with zero attached hydrogens (tertiary/aromatic N) is 1. The second kappa shape index (κ2) is 5.93. The molecule has 0 aromatic carbocycles. The number of carbonyl (C=O) groups is 1. The van der Waals surface area contributed by atoms with E-state index in [-0.39, 0.29) is 6.61 Å². The van der Waals surface area contributed by atoms with Gasteiger partial charge in [0.25, 0.3) is 0 Å². The third-order valence-electron chi connectivity index (χ3n) is 1.79. The Bertz CT molecular complexity index is 361. The van der Waals surface area contributed by atoms with Crippen molar-refractivity contribution < 1.29 is 14.6 Å². The number of pyridine rings is 1. The molecule has 0 bridgehead atoms. The topological polar surface area (TPSA) is 59.4 Å². The third kappa shape index (κ3) is 3.52. The molecule has 0 radical (unpaired) electrons. The van der Waals surface area contributed by atoms with Gasteiger partial charge in [-0.3, -0.25) is 4.98 Å². The van der Waals surface area contributed by atoms with E-state index in [9.17, 15) is 4.79 Å². The van der Waals surface area contributed by atoms with Crippen molar-refractivity contribution >= 4 is 12.0 Å². The van der Waals surface area contributed by atoms with Crippen molar-refractivity contribution in [2.45, 2.75) is 6.42 Å². The molecule has 4 heteroatoms. The van der Waals surface area contributed by atoms with E-state index >= 15 is 0 Å². The number of esters is 1. The Morgan fingerprint density at radius 3 is 3.07 bits per heavy atom. The van der Waals surface area contributed by atoms with Gasteiger partial charge in [-0.25, -0.2) is 4.79 Å².